The van der Waals surface area contributed by atoms with E-state index in [2.05, 4.69) is 33.4 Å². The van der Waals surface area contributed by atoms with Gasteiger partial charge in [-0.05, 0) is 42.8 Å². The predicted molar refractivity (Wildman–Crippen MR) is 94.5 cm³/mol. The van der Waals surface area contributed by atoms with Gasteiger partial charge >= 0.3 is 0 Å². The maximum absolute atomic E-state index is 11.7. The molecule has 0 saturated heterocycles. The summed E-state index contributed by atoms with van der Waals surface area (Å²) in [6, 6.07) is 15.8. The van der Waals surface area contributed by atoms with Crippen LogP contribution in [-0.4, -0.2) is 24.8 Å². The molecule has 2 aromatic carbocycles. The lowest BCUT2D eigenvalue weighted by atomic mass is 10.2. The lowest BCUT2D eigenvalue weighted by molar-refractivity contribution is -0.122. The maximum atomic E-state index is 11.7. The smallest absolute Gasteiger partial charge is 0.257 e. The zero-order valence-corrected chi connectivity index (χ0v) is 14.7. The second-order valence-corrected chi connectivity index (χ2v) is 6.73. The molecule has 2 rings (SSSR count). The van der Waals surface area contributed by atoms with E-state index in [0.29, 0.717) is 12.3 Å². The lowest BCUT2D eigenvalue weighted by Gasteiger charge is -2.08. The highest BCUT2D eigenvalue weighted by molar-refractivity contribution is 9.10. The van der Waals surface area contributed by atoms with Crippen molar-refractivity contribution in [1.29, 1.82) is 0 Å². The average Bonchev–Trinajstić information content (AvgIpc) is 2.54. The highest BCUT2D eigenvalue weighted by atomic mass is 79.9. The number of benzene rings is 2. The first-order chi connectivity index (χ1) is 10.6. The van der Waals surface area contributed by atoms with Crippen molar-refractivity contribution in [2.45, 2.75) is 11.8 Å². The third kappa shape index (κ3) is 5.73. The highest BCUT2D eigenvalue weighted by Gasteiger charge is 2.03. The van der Waals surface area contributed by atoms with Gasteiger partial charge in [-0.25, -0.2) is 0 Å². The van der Waals surface area contributed by atoms with Crippen molar-refractivity contribution in [2.24, 2.45) is 0 Å². The van der Waals surface area contributed by atoms with Crippen LogP contribution in [0, 0.1) is 6.92 Å². The van der Waals surface area contributed by atoms with E-state index in [-0.39, 0.29) is 12.5 Å². The molecule has 1 amide bonds. The first kappa shape index (κ1) is 16.9. The van der Waals surface area contributed by atoms with E-state index in [0.717, 1.165) is 15.8 Å². The van der Waals surface area contributed by atoms with Gasteiger partial charge in [0.05, 0.1) is 0 Å². The maximum Gasteiger partial charge on any atom is 0.257 e. The molecule has 0 saturated carbocycles. The summed E-state index contributed by atoms with van der Waals surface area (Å²) in [5, 5.41) is 2.86. The summed E-state index contributed by atoms with van der Waals surface area (Å²) in [5.41, 5.74) is 1.08. The van der Waals surface area contributed by atoms with Crippen LogP contribution in [0.3, 0.4) is 0 Å². The quantitative estimate of drug-likeness (QED) is 0.582. The molecule has 0 aliphatic rings. The Morgan fingerprint density at radius 3 is 2.73 bits per heavy atom. The van der Waals surface area contributed by atoms with E-state index in [1.165, 1.54) is 4.90 Å². The molecule has 3 nitrogen and oxygen atoms in total. The molecule has 0 unspecified atom stereocenters. The Morgan fingerprint density at radius 2 is 2.00 bits per heavy atom. The van der Waals surface area contributed by atoms with Crippen LogP contribution in [0.5, 0.6) is 5.75 Å². The molecule has 2 aromatic rings. The first-order valence-electron chi connectivity index (χ1n) is 6.98. The summed E-state index contributed by atoms with van der Waals surface area (Å²) in [6.07, 6.45) is 0. The highest BCUT2D eigenvalue weighted by Crippen LogP contribution is 2.21. The van der Waals surface area contributed by atoms with Gasteiger partial charge in [-0.15, -0.1) is 11.8 Å². The number of amides is 1. The molecule has 116 valence electrons. The number of nitrogens with one attached hydrogen (secondary N) is 1. The van der Waals surface area contributed by atoms with Gasteiger partial charge in [0.15, 0.2) is 6.61 Å². The SMILES string of the molecule is Cc1cc(OCC(=O)NCCSc2ccccc2)ccc1Br. The minimum absolute atomic E-state index is 0.0388. The molecule has 0 aliphatic heterocycles. The van der Waals surface area contributed by atoms with Crippen molar-refractivity contribution in [3.8, 4) is 5.75 Å². The summed E-state index contributed by atoms with van der Waals surface area (Å²) in [4.78, 5) is 12.9. The van der Waals surface area contributed by atoms with Crippen LogP contribution in [0.4, 0.5) is 0 Å². The Labute approximate surface area is 143 Å². The molecule has 0 radical (unpaired) electrons. The second-order valence-electron chi connectivity index (χ2n) is 4.71. The van der Waals surface area contributed by atoms with Crippen molar-refractivity contribution < 1.29 is 9.53 Å². The predicted octanol–water partition coefficient (Wildman–Crippen LogP) is 4.04. The normalized spacial score (nSPS) is 10.3. The minimum Gasteiger partial charge on any atom is -0.484 e. The number of aryl methyl sites for hydroxylation is 1. The monoisotopic (exact) mass is 379 g/mol. The van der Waals surface area contributed by atoms with E-state index in [9.17, 15) is 4.79 Å². The third-order valence-electron chi connectivity index (χ3n) is 2.94. The molecule has 0 bridgehead atoms. The summed E-state index contributed by atoms with van der Waals surface area (Å²) in [5.74, 6) is 1.44. The average molecular weight is 380 g/mol. The molecule has 1 N–H and O–H groups in total. The van der Waals surface area contributed by atoms with Crippen molar-refractivity contribution >= 4 is 33.6 Å². The van der Waals surface area contributed by atoms with Crippen LogP contribution in [-0.2, 0) is 4.79 Å². The standard InChI is InChI=1S/C17H18BrNO2S/c1-13-11-14(7-8-16(13)18)21-12-17(20)19-9-10-22-15-5-3-2-4-6-15/h2-8,11H,9-10,12H2,1H3,(H,19,20). The molecule has 0 aromatic heterocycles. The third-order valence-corrected chi connectivity index (χ3v) is 4.84. The molecule has 22 heavy (non-hydrogen) atoms. The molecule has 0 heterocycles. The molecule has 0 aliphatic carbocycles. The fourth-order valence-corrected chi connectivity index (χ4v) is 2.82. The number of hydrogen-bond acceptors (Lipinski definition) is 3. The number of carbonyl (C=O) groups excluding carboxylic acids is 1. The van der Waals surface area contributed by atoms with Crippen molar-refractivity contribution in [1.82, 2.24) is 5.32 Å². The van der Waals surface area contributed by atoms with Gasteiger partial charge in [0, 0.05) is 21.7 Å². The number of carbonyl (C=O) groups is 1. The Balaban J connectivity index is 1.64. The van der Waals surface area contributed by atoms with E-state index in [1.54, 1.807) is 11.8 Å². The van der Waals surface area contributed by atoms with Gasteiger partial charge in [0.2, 0.25) is 0 Å². The summed E-state index contributed by atoms with van der Waals surface area (Å²) >= 11 is 5.15. The van der Waals surface area contributed by atoms with Gasteiger partial charge in [-0.3, -0.25) is 4.79 Å². The van der Waals surface area contributed by atoms with Crippen LogP contribution >= 0.6 is 27.7 Å². The van der Waals surface area contributed by atoms with Crippen molar-refractivity contribution in [2.75, 3.05) is 18.9 Å². The fourth-order valence-electron chi connectivity index (χ4n) is 1.78. The number of halogens is 1. The largest absolute Gasteiger partial charge is 0.484 e. The Kier molecular flexibility index (Phi) is 6.80. The molecular weight excluding hydrogens is 362 g/mol. The van der Waals surface area contributed by atoms with Gasteiger partial charge in [0.1, 0.15) is 5.75 Å². The molecule has 0 spiro atoms. The topological polar surface area (TPSA) is 38.3 Å². The van der Waals surface area contributed by atoms with Crippen LogP contribution in [0.1, 0.15) is 5.56 Å². The van der Waals surface area contributed by atoms with Crippen LogP contribution in [0.25, 0.3) is 0 Å². The van der Waals surface area contributed by atoms with E-state index in [4.69, 9.17) is 4.74 Å². The second kappa shape index (κ2) is 8.86. The first-order valence-corrected chi connectivity index (χ1v) is 8.76. The van der Waals surface area contributed by atoms with E-state index < -0.39 is 0 Å². The van der Waals surface area contributed by atoms with Crippen LogP contribution < -0.4 is 10.1 Å². The Hall–Kier alpha value is -1.46. The zero-order chi connectivity index (χ0) is 15.8. The van der Waals surface area contributed by atoms with Crippen molar-refractivity contribution in [3.63, 3.8) is 0 Å². The molecular formula is C17H18BrNO2S. The summed E-state index contributed by atoms with van der Waals surface area (Å²) in [7, 11) is 0. The number of rotatable bonds is 7. The van der Waals surface area contributed by atoms with E-state index in [1.807, 2.05) is 43.3 Å². The van der Waals surface area contributed by atoms with Gasteiger partial charge in [-0.2, -0.15) is 0 Å². The van der Waals surface area contributed by atoms with Crippen molar-refractivity contribution in [3.05, 3.63) is 58.6 Å². The van der Waals surface area contributed by atoms with Crippen LogP contribution in [0.2, 0.25) is 0 Å². The lowest BCUT2D eigenvalue weighted by Crippen LogP contribution is -2.30. The molecule has 0 fully saturated rings. The number of ether oxygens (including phenoxy) is 1. The van der Waals surface area contributed by atoms with Crippen LogP contribution in [0.15, 0.2) is 57.9 Å². The minimum atomic E-state index is -0.103. The van der Waals surface area contributed by atoms with Gasteiger partial charge < -0.3 is 10.1 Å². The Bertz CT molecular complexity index is 619. The fraction of sp³-hybridized carbons (Fsp3) is 0.235. The van der Waals surface area contributed by atoms with E-state index >= 15 is 0 Å². The molecule has 0 atom stereocenters. The zero-order valence-electron chi connectivity index (χ0n) is 12.3. The number of thioether (sulfide) groups is 1. The van der Waals surface area contributed by atoms with Gasteiger partial charge in [0.25, 0.3) is 5.91 Å². The molecule has 5 heteroatoms. The van der Waals surface area contributed by atoms with Gasteiger partial charge in [-0.1, -0.05) is 34.1 Å². The summed E-state index contributed by atoms with van der Waals surface area (Å²) < 4.78 is 6.51. The Morgan fingerprint density at radius 1 is 1.23 bits per heavy atom. The number of hydrogen-bond donors (Lipinski definition) is 1. The summed E-state index contributed by atoms with van der Waals surface area (Å²) in [6.45, 7) is 2.65.